The van der Waals surface area contributed by atoms with Crippen molar-refractivity contribution in [2.45, 2.75) is 6.92 Å². The van der Waals surface area contributed by atoms with Crippen molar-refractivity contribution in [1.29, 1.82) is 0 Å². The minimum atomic E-state index is -0.599. The largest absolute Gasteiger partial charge is 0.455 e. The Labute approximate surface area is 108 Å². The number of carbonyl (C=O) groups is 2. The summed E-state index contributed by atoms with van der Waals surface area (Å²) in [5.74, 6) is 0.0372. The standard InChI is InChI=1S/C13H11NO3S/c1-8(15)10-7-18-12(13(14)16)11(10)17-9-5-3-2-4-6-9/h2-7H,1H3,(H2,14,16). The van der Waals surface area contributed by atoms with E-state index in [4.69, 9.17) is 10.5 Å². The van der Waals surface area contributed by atoms with Crippen LogP contribution in [-0.2, 0) is 0 Å². The molecule has 1 heterocycles. The van der Waals surface area contributed by atoms with E-state index in [0.29, 0.717) is 11.3 Å². The molecule has 5 heteroatoms. The molecule has 0 aliphatic carbocycles. The van der Waals surface area contributed by atoms with E-state index in [1.54, 1.807) is 29.6 Å². The highest BCUT2D eigenvalue weighted by Gasteiger charge is 2.20. The molecule has 0 unspecified atom stereocenters. The van der Waals surface area contributed by atoms with Gasteiger partial charge in [0.2, 0.25) is 0 Å². The number of benzene rings is 1. The van der Waals surface area contributed by atoms with Crippen molar-refractivity contribution in [3.8, 4) is 11.5 Å². The zero-order valence-corrected chi connectivity index (χ0v) is 10.5. The first kappa shape index (κ1) is 12.3. The third-order valence-corrected chi connectivity index (χ3v) is 3.29. The number of amides is 1. The van der Waals surface area contributed by atoms with Crippen LogP contribution in [0.2, 0.25) is 0 Å². The number of hydrogen-bond donors (Lipinski definition) is 1. The number of thiophene rings is 1. The summed E-state index contributed by atoms with van der Waals surface area (Å²) >= 11 is 1.11. The molecule has 0 saturated carbocycles. The summed E-state index contributed by atoms with van der Waals surface area (Å²) in [6, 6.07) is 8.94. The van der Waals surface area contributed by atoms with Gasteiger partial charge in [0.25, 0.3) is 5.91 Å². The Kier molecular flexibility index (Phi) is 3.43. The number of carbonyl (C=O) groups excluding carboxylic acids is 2. The molecule has 0 spiro atoms. The Morgan fingerprint density at radius 3 is 2.44 bits per heavy atom. The molecule has 0 aliphatic heterocycles. The SMILES string of the molecule is CC(=O)c1csc(C(N)=O)c1Oc1ccccc1. The highest BCUT2D eigenvalue weighted by Crippen LogP contribution is 2.34. The van der Waals surface area contributed by atoms with E-state index >= 15 is 0 Å². The van der Waals surface area contributed by atoms with Crippen LogP contribution in [-0.4, -0.2) is 11.7 Å². The lowest BCUT2D eigenvalue weighted by Crippen LogP contribution is -2.10. The van der Waals surface area contributed by atoms with E-state index < -0.39 is 5.91 Å². The zero-order valence-electron chi connectivity index (χ0n) is 9.67. The van der Waals surface area contributed by atoms with Crippen molar-refractivity contribution >= 4 is 23.0 Å². The molecule has 0 fully saturated rings. The molecular formula is C13H11NO3S. The second-order valence-electron chi connectivity index (χ2n) is 3.64. The van der Waals surface area contributed by atoms with Gasteiger partial charge in [0.1, 0.15) is 10.6 Å². The average Bonchev–Trinajstić information content (AvgIpc) is 2.74. The maximum atomic E-state index is 11.5. The van der Waals surface area contributed by atoms with Crippen molar-refractivity contribution in [3.05, 3.63) is 46.2 Å². The van der Waals surface area contributed by atoms with Crippen LogP contribution in [0.5, 0.6) is 11.5 Å². The van der Waals surface area contributed by atoms with Crippen molar-refractivity contribution in [3.63, 3.8) is 0 Å². The van der Waals surface area contributed by atoms with Gasteiger partial charge in [-0.1, -0.05) is 18.2 Å². The number of para-hydroxylation sites is 1. The number of primary amides is 1. The fraction of sp³-hybridized carbons (Fsp3) is 0.0769. The van der Waals surface area contributed by atoms with Gasteiger partial charge in [-0.15, -0.1) is 11.3 Å². The molecule has 0 aliphatic rings. The summed E-state index contributed by atoms with van der Waals surface area (Å²) in [6.45, 7) is 1.42. The number of rotatable bonds is 4. The molecule has 0 saturated heterocycles. The Bertz CT molecular complexity index is 558. The molecule has 18 heavy (non-hydrogen) atoms. The lowest BCUT2D eigenvalue weighted by Gasteiger charge is -2.07. The third-order valence-electron chi connectivity index (χ3n) is 2.31. The summed E-state index contributed by atoms with van der Waals surface area (Å²) < 4.78 is 5.59. The normalized spacial score (nSPS) is 10.1. The van der Waals surface area contributed by atoms with Crippen LogP contribution in [0.15, 0.2) is 35.7 Å². The summed E-state index contributed by atoms with van der Waals surface area (Å²) in [5.41, 5.74) is 5.63. The van der Waals surface area contributed by atoms with Crippen molar-refractivity contribution in [1.82, 2.24) is 0 Å². The lowest BCUT2D eigenvalue weighted by molar-refractivity contribution is 0.100. The Morgan fingerprint density at radius 1 is 1.22 bits per heavy atom. The zero-order chi connectivity index (χ0) is 13.1. The summed E-state index contributed by atoms with van der Waals surface area (Å²) in [4.78, 5) is 23.0. The third kappa shape index (κ3) is 2.41. The van der Waals surface area contributed by atoms with Crippen LogP contribution in [0, 0.1) is 0 Å². The first-order chi connectivity index (χ1) is 8.59. The van der Waals surface area contributed by atoms with E-state index in [1.807, 2.05) is 6.07 Å². The van der Waals surface area contributed by atoms with E-state index in [0.717, 1.165) is 11.3 Å². The van der Waals surface area contributed by atoms with Gasteiger partial charge in [-0.25, -0.2) is 0 Å². The molecule has 92 valence electrons. The van der Waals surface area contributed by atoms with Gasteiger partial charge < -0.3 is 10.5 Å². The maximum Gasteiger partial charge on any atom is 0.262 e. The maximum absolute atomic E-state index is 11.5. The monoisotopic (exact) mass is 261 g/mol. The van der Waals surface area contributed by atoms with E-state index in [-0.39, 0.29) is 16.4 Å². The van der Waals surface area contributed by atoms with Gasteiger partial charge in [0.05, 0.1) is 5.56 Å². The molecular weight excluding hydrogens is 250 g/mol. The minimum Gasteiger partial charge on any atom is -0.455 e. The number of hydrogen-bond acceptors (Lipinski definition) is 4. The van der Waals surface area contributed by atoms with Gasteiger partial charge >= 0.3 is 0 Å². The Morgan fingerprint density at radius 2 is 1.89 bits per heavy atom. The quantitative estimate of drug-likeness (QED) is 0.860. The summed E-state index contributed by atoms with van der Waals surface area (Å²) in [5, 5.41) is 1.58. The number of Topliss-reactive ketones (excluding diaryl/α,β-unsaturated/α-hetero) is 1. The molecule has 2 aromatic rings. The number of ether oxygens (including phenoxy) is 1. The van der Waals surface area contributed by atoms with Crippen LogP contribution in [0.25, 0.3) is 0 Å². The van der Waals surface area contributed by atoms with Crippen LogP contribution < -0.4 is 10.5 Å². The van der Waals surface area contributed by atoms with Gasteiger partial charge in [-0.2, -0.15) is 0 Å². The molecule has 2 rings (SSSR count). The second kappa shape index (κ2) is 5.01. The van der Waals surface area contributed by atoms with E-state index in [2.05, 4.69) is 0 Å². The molecule has 0 atom stereocenters. The van der Waals surface area contributed by atoms with Crippen LogP contribution in [0.4, 0.5) is 0 Å². The number of ketones is 1. The van der Waals surface area contributed by atoms with Gasteiger partial charge in [-0.05, 0) is 19.1 Å². The number of nitrogens with two attached hydrogens (primary N) is 1. The summed E-state index contributed by atoms with van der Waals surface area (Å²) in [6.07, 6.45) is 0. The first-order valence-corrected chi connectivity index (χ1v) is 6.12. The summed E-state index contributed by atoms with van der Waals surface area (Å²) in [7, 11) is 0. The Balaban J connectivity index is 2.44. The fourth-order valence-electron chi connectivity index (χ4n) is 1.47. The van der Waals surface area contributed by atoms with Crippen LogP contribution >= 0.6 is 11.3 Å². The van der Waals surface area contributed by atoms with Gasteiger partial charge in [0.15, 0.2) is 11.5 Å². The Hall–Kier alpha value is -2.14. The average molecular weight is 261 g/mol. The topological polar surface area (TPSA) is 69.4 Å². The van der Waals surface area contributed by atoms with E-state index in [9.17, 15) is 9.59 Å². The molecule has 1 amide bonds. The smallest absolute Gasteiger partial charge is 0.262 e. The van der Waals surface area contributed by atoms with Gasteiger partial charge in [0, 0.05) is 5.38 Å². The minimum absolute atomic E-state index is 0.162. The highest BCUT2D eigenvalue weighted by molar-refractivity contribution is 7.12. The molecule has 1 aromatic carbocycles. The molecule has 1 aromatic heterocycles. The second-order valence-corrected chi connectivity index (χ2v) is 4.52. The fourth-order valence-corrected chi connectivity index (χ4v) is 2.35. The molecule has 4 nitrogen and oxygen atoms in total. The van der Waals surface area contributed by atoms with Crippen molar-refractivity contribution in [2.75, 3.05) is 0 Å². The molecule has 0 radical (unpaired) electrons. The van der Waals surface area contributed by atoms with Crippen LogP contribution in [0.1, 0.15) is 27.0 Å². The van der Waals surface area contributed by atoms with Gasteiger partial charge in [-0.3, -0.25) is 9.59 Å². The lowest BCUT2D eigenvalue weighted by atomic mass is 10.2. The van der Waals surface area contributed by atoms with Crippen LogP contribution in [0.3, 0.4) is 0 Å². The molecule has 0 bridgehead atoms. The van der Waals surface area contributed by atoms with E-state index in [1.165, 1.54) is 6.92 Å². The predicted octanol–water partition coefficient (Wildman–Crippen LogP) is 2.84. The molecule has 2 N–H and O–H groups in total. The van der Waals surface area contributed by atoms with Crippen molar-refractivity contribution in [2.24, 2.45) is 5.73 Å². The predicted molar refractivity (Wildman–Crippen MR) is 69.4 cm³/mol. The van der Waals surface area contributed by atoms with Crippen molar-refractivity contribution < 1.29 is 14.3 Å². The highest BCUT2D eigenvalue weighted by atomic mass is 32.1. The first-order valence-electron chi connectivity index (χ1n) is 5.24.